The quantitative estimate of drug-likeness (QED) is 0.814. The Morgan fingerprint density at radius 3 is 2.45 bits per heavy atom. The van der Waals surface area contributed by atoms with E-state index in [4.69, 9.17) is 0 Å². The van der Waals surface area contributed by atoms with Gasteiger partial charge in [-0.15, -0.1) is 11.3 Å². The van der Waals surface area contributed by atoms with E-state index in [0.717, 1.165) is 13.1 Å². The van der Waals surface area contributed by atoms with Gasteiger partial charge in [0.2, 0.25) is 0 Å². The van der Waals surface area contributed by atoms with Crippen molar-refractivity contribution in [2.45, 2.75) is 33.0 Å². The number of nitrogens with one attached hydrogen (secondary N) is 1. The Hall–Kier alpha value is -0.840. The number of hydrogen-bond donors (Lipinski definition) is 1. The third-order valence-electron chi connectivity index (χ3n) is 3.13. The van der Waals surface area contributed by atoms with Gasteiger partial charge >= 0.3 is 0 Å². The first-order chi connectivity index (χ1) is 9.54. The summed E-state index contributed by atoms with van der Waals surface area (Å²) in [6.07, 6.45) is 0. The molecular weight excluding hydrogens is 332 g/mol. The number of halogens is 1. The Kier molecular flexibility index (Phi) is 5.64. The highest BCUT2D eigenvalue weighted by Gasteiger charge is 2.04. The molecule has 0 unspecified atom stereocenters. The number of rotatable bonds is 6. The third kappa shape index (κ3) is 4.62. The third-order valence-corrected chi connectivity index (χ3v) is 4.69. The van der Waals surface area contributed by atoms with Crippen LogP contribution in [0.15, 0.2) is 39.5 Å². The first kappa shape index (κ1) is 15.5. The maximum Gasteiger partial charge on any atom is 0.0701 e. The maximum atomic E-state index is 3.51. The van der Waals surface area contributed by atoms with Crippen LogP contribution < -0.4 is 10.2 Å². The Bertz CT molecular complexity index is 534. The van der Waals surface area contributed by atoms with E-state index >= 15 is 0 Å². The van der Waals surface area contributed by atoms with Crippen LogP contribution in [0.3, 0.4) is 0 Å². The van der Waals surface area contributed by atoms with Crippen molar-refractivity contribution in [1.82, 2.24) is 5.32 Å². The standard InChI is InChI=1S/C16H21BrN2S/c1-12(2)18-9-13-4-6-15(7-5-13)19(3)10-14-8-16(17)20-11-14/h4-8,11-12,18H,9-10H2,1-3H3. The molecule has 2 nitrogen and oxygen atoms in total. The molecule has 1 aromatic carbocycles. The van der Waals surface area contributed by atoms with E-state index in [2.05, 4.69) is 82.8 Å². The van der Waals surface area contributed by atoms with Crippen LogP contribution in [0, 0.1) is 0 Å². The van der Waals surface area contributed by atoms with Gasteiger partial charge in [-0.1, -0.05) is 26.0 Å². The Labute approximate surface area is 133 Å². The maximum absolute atomic E-state index is 3.51. The summed E-state index contributed by atoms with van der Waals surface area (Å²) in [5, 5.41) is 5.63. The molecule has 2 aromatic rings. The molecule has 0 atom stereocenters. The molecule has 0 aliphatic rings. The van der Waals surface area contributed by atoms with Crippen LogP contribution in [0.2, 0.25) is 0 Å². The van der Waals surface area contributed by atoms with Gasteiger partial charge in [0.1, 0.15) is 0 Å². The summed E-state index contributed by atoms with van der Waals surface area (Å²) in [5.41, 5.74) is 3.92. The normalized spacial score (nSPS) is 11.1. The fourth-order valence-electron chi connectivity index (χ4n) is 1.98. The first-order valence-electron chi connectivity index (χ1n) is 6.81. The number of anilines is 1. The zero-order valence-electron chi connectivity index (χ0n) is 12.2. The second-order valence-electron chi connectivity index (χ2n) is 5.32. The van der Waals surface area contributed by atoms with E-state index < -0.39 is 0 Å². The van der Waals surface area contributed by atoms with E-state index in [1.54, 1.807) is 11.3 Å². The molecule has 20 heavy (non-hydrogen) atoms. The largest absolute Gasteiger partial charge is 0.370 e. The highest BCUT2D eigenvalue weighted by Crippen LogP contribution is 2.23. The van der Waals surface area contributed by atoms with Crippen LogP contribution in [-0.4, -0.2) is 13.1 Å². The van der Waals surface area contributed by atoms with Crippen LogP contribution >= 0.6 is 27.3 Å². The minimum Gasteiger partial charge on any atom is -0.370 e. The van der Waals surface area contributed by atoms with E-state index in [0.29, 0.717) is 6.04 Å². The summed E-state index contributed by atoms with van der Waals surface area (Å²) in [6.45, 7) is 6.20. The molecule has 0 aliphatic carbocycles. The molecule has 0 bridgehead atoms. The van der Waals surface area contributed by atoms with E-state index in [1.165, 1.54) is 20.6 Å². The van der Waals surface area contributed by atoms with Crippen molar-refractivity contribution in [3.05, 3.63) is 50.6 Å². The van der Waals surface area contributed by atoms with E-state index in [1.807, 2.05) is 0 Å². The molecule has 0 saturated carbocycles. The van der Waals surface area contributed by atoms with Crippen LogP contribution in [0.25, 0.3) is 0 Å². The fourth-order valence-corrected chi connectivity index (χ4v) is 3.18. The van der Waals surface area contributed by atoms with Crippen molar-refractivity contribution in [3.63, 3.8) is 0 Å². The van der Waals surface area contributed by atoms with Crippen LogP contribution in [0.5, 0.6) is 0 Å². The smallest absolute Gasteiger partial charge is 0.0701 e. The van der Waals surface area contributed by atoms with Crippen molar-refractivity contribution in [3.8, 4) is 0 Å². The summed E-state index contributed by atoms with van der Waals surface area (Å²) in [6, 6.07) is 11.5. The lowest BCUT2D eigenvalue weighted by molar-refractivity contribution is 0.589. The molecular formula is C16H21BrN2S. The SMILES string of the molecule is CC(C)NCc1ccc(N(C)Cc2csc(Br)c2)cc1. The molecule has 1 aromatic heterocycles. The second kappa shape index (κ2) is 7.25. The molecule has 0 radical (unpaired) electrons. The lowest BCUT2D eigenvalue weighted by Gasteiger charge is -2.19. The second-order valence-corrected chi connectivity index (χ2v) is 7.61. The number of hydrogen-bond acceptors (Lipinski definition) is 3. The molecule has 0 saturated heterocycles. The first-order valence-corrected chi connectivity index (χ1v) is 8.48. The Balaban J connectivity index is 1.94. The predicted octanol–water partition coefficient (Wildman–Crippen LogP) is 4.65. The molecule has 1 N–H and O–H groups in total. The van der Waals surface area contributed by atoms with Crippen molar-refractivity contribution < 1.29 is 0 Å². The number of benzene rings is 1. The van der Waals surface area contributed by atoms with E-state index in [9.17, 15) is 0 Å². The van der Waals surface area contributed by atoms with Crippen molar-refractivity contribution >= 4 is 33.0 Å². The number of nitrogens with zero attached hydrogens (tertiary/aromatic N) is 1. The molecule has 2 rings (SSSR count). The fraction of sp³-hybridized carbons (Fsp3) is 0.375. The highest BCUT2D eigenvalue weighted by molar-refractivity contribution is 9.11. The molecule has 0 aliphatic heterocycles. The van der Waals surface area contributed by atoms with Crippen molar-refractivity contribution in [2.24, 2.45) is 0 Å². The molecule has 108 valence electrons. The summed E-state index contributed by atoms with van der Waals surface area (Å²) >= 11 is 5.24. The molecule has 1 heterocycles. The van der Waals surface area contributed by atoms with Gasteiger partial charge < -0.3 is 10.2 Å². The molecule has 0 spiro atoms. The monoisotopic (exact) mass is 352 g/mol. The minimum atomic E-state index is 0.523. The van der Waals surface area contributed by atoms with Crippen LogP contribution in [0.4, 0.5) is 5.69 Å². The van der Waals surface area contributed by atoms with Crippen molar-refractivity contribution in [1.29, 1.82) is 0 Å². The minimum absolute atomic E-state index is 0.523. The summed E-state index contributed by atoms with van der Waals surface area (Å²) in [7, 11) is 2.13. The predicted molar refractivity (Wildman–Crippen MR) is 92.5 cm³/mol. The lowest BCUT2D eigenvalue weighted by Crippen LogP contribution is -2.22. The molecule has 0 fully saturated rings. The van der Waals surface area contributed by atoms with Gasteiger partial charge in [-0.25, -0.2) is 0 Å². The molecule has 0 amide bonds. The van der Waals surface area contributed by atoms with Gasteiger partial charge in [-0.3, -0.25) is 0 Å². The summed E-state index contributed by atoms with van der Waals surface area (Å²) < 4.78 is 1.19. The summed E-state index contributed by atoms with van der Waals surface area (Å²) in [5.74, 6) is 0. The van der Waals surface area contributed by atoms with Crippen LogP contribution in [0.1, 0.15) is 25.0 Å². The van der Waals surface area contributed by atoms with Gasteiger partial charge in [0.25, 0.3) is 0 Å². The highest BCUT2D eigenvalue weighted by atomic mass is 79.9. The van der Waals surface area contributed by atoms with Gasteiger partial charge in [-0.2, -0.15) is 0 Å². The van der Waals surface area contributed by atoms with Gasteiger partial charge in [0.05, 0.1) is 3.79 Å². The Morgan fingerprint density at radius 1 is 1.20 bits per heavy atom. The van der Waals surface area contributed by atoms with Gasteiger partial charge in [0.15, 0.2) is 0 Å². The Morgan fingerprint density at radius 2 is 1.90 bits per heavy atom. The molecule has 4 heteroatoms. The van der Waals surface area contributed by atoms with Gasteiger partial charge in [-0.05, 0) is 50.6 Å². The topological polar surface area (TPSA) is 15.3 Å². The average Bonchev–Trinajstić information content (AvgIpc) is 2.82. The van der Waals surface area contributed by atoms with Crippen molar-refractivity contribution in [2.75, 3.05) is 11.9 Å². The summed E-state index contributed by atoms with van der Waals surface area (Å²) in [4.78, 5) is 2.27. The van der Waals surface area contributed by atoms with Crippen LogP contribution in [-0.2, 0) is 13.1 Å². The lowest BCUT2D eigenvalue weighted by atomic mass is 10.2. The zero-order valence-corrected chi connectivity index (χ0v) is 14.6. The number of thiophene rings is 1. The van der Waals surface area contributed by atoms with Gasteiger partial charge in [0, 0.05) is 31.9 Å². The average molecular weight is 353 g/mol. The zero-order chi connectivity index (χ0) is 14.5. The van der Waals surface area contributed by atoms with E-state index in [-0.39, 0.29) is 0 Å².